The molecule has 0 aliphatic heterocycles. The number of aryl methyl sites for hydroxylation is 3. The van der Waals surface area contributed by atoms with E-state index in [1.54, 1.807) is 18.2 Å². The van der Waals surface area contributed by atoms with Crippen LogP contribution in [0.5, 0.6) is 0 Å². The first-order valence-electron chi connectivity index (χ1n) is 12.4. The van der Waals surface area contributed by atoms with E-state index in [1.807, 2.05) is 68.7 Å². The van der Waals surface area contributed by atoms with Gasteiger partial charge in [-0.1, -0.05) is 30.5 Å². The van der Waals surface area contributed by atoms with Crippen LogP contribution in [0.25, 0.3) is 11.8 Å². The van der Waals surface area contributed by atoms with Crippen LogP contribution in [-0.2, 0) is 4.79 Å². The minimum atomic E-state index is -0.489. The number of aromatic nitrogens is 1. The molecule has 1 heterocycles. The van der Waals surface area contributed by atoms with Crippen LogP contribution in [0.1, 0.15) is 53.8 Å². The van der Waals surface area contributed by atoms with Gasteiger partial charge in [0.2, 0.25) is 0 Å². The average molecular weight is 498 g/mol. The highest BCUT2D eigenvalue weighted by atomic mass is 16.6. The van der Waals surface area contributed by atoms with Gasteiger partial charge in [-0.25, -0.2) is 0 Å². The van der Waals surface area contributed by atoms with E-state index in [0.29, 0.717) is 22.6 Å². The number of rotatable bonds is 7. The van der Waals surface area contributed by atoms with Gasteiger partial charge >= 0.3 is 0 Å². The summed E-state index contributed by atoms with van der Waals surface area (Å²) in [5.41, 5.74) is 6.13. The highest BCUT2D eigenvalue weighted by molar-refractivity contribution is 6.10. The molecule has 0 radical (unpaired) electrons. The second-order valence-electron chi connectivity index (χ2n) is 9.69. The van der Waals surface area contributed by atoms with Gasteiger partial charge < -0.3 is 15.2 Å². The zero-order valence-corrected chi connectivity index (χ0v) is 21.6. The Morgan fingerprint density at radius 1 is 1.08 bits per heavy atom. The predicted octanol–water partition coefficient (Wildman–Crippen LogP) is 6.52. The third-order valence-corrected chi connectivity index (χ3v) is 6.92. The molecule has 190 valence electrons. The summed E-state index contributed by atoms with van der Waals surface area (Å²) in [6.07, 6.45) is 5.86. The Kier molecular flexibility index (Phi) is 7.44. The SMILES string of the molecule is Cc1ccc(NC(=O)/C(C#N)=C/c2cc(C)n(-c3ccc(NC4CCCC4)c([N+](=O)[O-])c3)c2C)c(C)c1. The normalized spacial score (nSPS) is 13.9. The summed E-state index contributed by atoms with van der Waals surface area (Å²) in [6.45, 7) is 7.64. The Bertz CT molecular complexity index is 1440. The first kappa shape index (κ1) is 25.7. The number of nitriles is 1. The number of nitrogens with zero attached hydrogens (tertiary/aromatic N) is 3. The predicted molar refractivity (Wildman–Crippen MR) is 146 cm³/mol. The van der Waals surface area contributed by atoms with E-state index < -0.39 is 5.91 Å². The van der Waals surface area contributed by atoms with Crippen molar-refractivity contribution in [3.05, 3.63) is 86.2 Å². The van der Waals surface area contributed by atoms with Crippen molar-refractivity contribution in [2.75, 3.05) is 10.6 Å². The molecular formula is C29H31N5O3. The summed E-state index contributed by atoms with van der Waals surface area (Å²) in [5, 5.41) is 27.7. The van der Waals surface area contributed by atoms with E-state index in [4.69, 9.17) is 0 Å². The van der Waals surface area contributed by atoms with Crippen LogP contribution in [0.15, 0.2) is 48.0 Å². The Balaban J connectivity index is 1.64. The lowest BCUT2D eigenvalue weighted by atomic mass is 10.1. The van der Waals surface area contributed by atoms with Crippen LogP contribution in [0.3, 0.4) is 0 Å². The van der Waals surface area contributed by atoms with Gasteiger partial charge in [0.25, 0.3) is 11.6 Å². The Labute approximate surface area is 216 Å². The van der Waals surface area contributed by atoms with Gasteiger partial charge in [0.15, 0.2) is 0 Å². The van der Waals surface area contributed by atoms with Gasteiger partial charge in [-0.3, -0.25) is 14.9 Å². The lowest BCUT2D eigenvalue weighted by molar-refractivity contribution is -0.384. The lowest BCUT2D eigenvalue weighted by Gasteiger charge is -2.15. The fourth-order valence-electron chi connectivity index (χ4n) is 5.00. The number of carbonyl (C=O) groups is 1. The molecule has 4 rings (SSSR count). The van der Waals surface area contributed by atoms with Crippen molar-refractivity contribution in [3.63, 3.8) is 0 Å². The summed E-state index contributed by atoms with van der Waals surface area (Å²) in [7, 11) is 0. The van der Waals surface area contributed by atoms with E-state index >= 15 is 0 Å². The molecular weight excluding hydrogens is 466 g/mol. The highest BCUT2D eigenvalue weighted by Gasteiger charge is 2.22. The molecule has 1 aromatic heterocycles. The van der Waals surface area contributed by atoms with Crippen LogP contribution >= 0.6 is 0 Å². The average Bonchev–Trinajstić information content (AvgIpc) is 3.46. The third kappa shape index (κ3) is 5.56. The molecule has 3 aromatic rings. The smallest absolute Gasteiger partial charge is 0.294 e. The van der Waals surface area contributed by atoms with E-state index in [-0.39, 0.29) is 22.2 Å². The maximum absolute atomic E-state index is 12.9. The summed E-state index contributed by atoms with van der Waals surface area (Å²) >= 11 is 0. The van der Waals surface area contributed by atoms with Crippen molar-refractivity contribution in [2.24, 2.45) is 0 Å². The molecule has 8 nitrogen and oxygen atoms in total. The Morgan fingerprint density at radius 3 is 2.43 bits per heavy atom. The van der Waals surface area contributed by atoms with E-state index in [9.17, 15) is 20.2 Å². The lowest BCUT2D eigenvalue weighted by Crippen LogP contribution is -2.15. The van der Waals surface area contributed by atoms with Crippen LogP contribution in [-0.4, -0.2) is 21.4 Å². The molecule has 8 heteroatoms. The largest absolute Gasteiger partial charge is 0.377 e. The van der Waals surface area contributed by atoms with Crippen molar-refractivity contribution in [1.29, 1.82) is 5.26 Å². The van der Waals surface area contributed by atoms with Crippen molar-refractivity contribution < 1.29 is 9.72 Å². The maximum atomic E-state index is 12.9. The summed E-state index contributed by atoms with van der Waals surface area (Å²) in [6, 6.07) is 15.0. The molecule has 0 bridgehead atoms. The van der Waals surface area contributed by atoms with E-state index in [2.05, 4.69) is 10.6 Å². The Hall–Kier alpha value is -4.38. The maximum Gasteiger partial charge on any atom is 0.294 e. The summed E-state index contributed by atoms with van der Waals surface area (Å²) in [4.78, 5) is 24.4. The molecule has 0 saturated heterocycles. The van der Waals surface area contributed by atoms with Crippen LogP contribution in [0, 0.1) is 49.1 Å². The number of anilines is 2. The molecule has 2 N–H and O–H groups in total. The number of amides is 1. The quantitative estimate of drug-likeness (QED) is 0.167. The number of hydrogen-bond donors (Lipinski definition) is 2. The first-order chi connectivity index (χ1) is 17.7. The van der Waals surface area contributed by atoms with E-state index in [1.165, 1.54) is 0 Å². The second-order valence-corrected chi connectivity index (χ2v) is 9.69. The van der Waals surface area contributed by atoms with Crippen molar-refractivity contribution in [2.45, 2.75) is 59.4 Å². The molecule has 2 aromatic carbocycles. The molecule has 37 heavy (non-hydrogen) atoms. The van der Waals surface area contributed by atoms with Gasteiger partial charge in [-0.15, -0.1) is 0 Å². The molecule has 1 amide bonds. The van der Waals surface area contributed by atoms with Gasteiger partial charge in [-0.05, 0) is 82.0 Å². The Morgan fingerprint density at radius 2 is 1.78 bits per heavy atom. The van der Waals surface area contributed by atoms with Gasteiger partial charge in [0, 0.05) is 29.2 Å². The molecule has 0 unspecified atom stereocenters. The molecule has 0 atom stereocenters. The summed E-state index contributed by atoms with van der Waals surface area (Å²) < 4.78 is 1.90. The van der Waals surface area contributed by atoms with Crippen LogP contribution in [0.4, 0.5) is 17.1 Å². The zero-order valence-electron chi connectivity index (χ0n) is 21.6. The second kappa shape index (κ2) is 10.7. The number of nitro benzene ring substituents is 1. The molecule has 1 aliphatic carbocycles. The number of nitrogens with one attached hydrogen (secondary N) is 2. The molecule has 1 saturated carbocycles. The zero-order chi connectivity index (χ0) is 26.7. The molecule has 0 spiro atoms. The van der Waals surface area contributed by atoms with E-state index in [0.717, 1.165) is 48.2 Å². The fraction of sp³-hybridized carbons (Fsp3) is 0.310. The number of carbonyl (C=O) groups excluding carboxylic acids is 1. The highest BCUT2D eigenvalue weighted by Crippen LogP contribution is 2.32. The first-order valence-corrected chi connectivity index (χ1v) is 12.4. The number of benzene rings is 2. The van der Waals surface area contributed by atoms with Gasteiger partial charge in [0.05, 0.1) is 10.6 Å². The minimum absolute atomic E-state index is 0.0256. The number of nitro groups is 1. The fourth-order valence-corrected chi connectivity index (χ4v) is 5.00. The van der Waals surface area contributed by atoms with Gasteiger partial charge in [0.1, 0.15) is 17.3 Å². The van der Waals surface area contributed by atoms with Crippen molar-refractivity contribution >= 4 is 29.0 Å². The minimum Gasteiger partial charge on any atom is -0.377 e. The third-order valence-electron chi connectivity index (χ3n) is 6.92. The topological polar surface area (TPSA) is 113 Å². The molecule has 1 aliphatic rings. The monoisotopic (exact) mass is 497 g/mol. The number of hydrogen-bond acceptors (Lipinski definition) is 5. The summed E-state index contributed by atoms with van der Waals surface area (Å²) in [5.74, 6) is -0.489. The van der Waals surface area contributed by atoms with Gasteiger partial charge in [-0.2, -0.15) is 5.26 Å². The standard InChI is InChI=1S/C29H31N5O3/c1-18-9-11-26(19(2)13-18)32-29(35)23(17-30)15-22-14-20(3)33(21(22)4)25-10-12-27(28(16-25)34(36)37)31-24-7-5-6-8-24/h9-16,24,31H,5-8H2,1-4H3,(H,32,35)/b23-15+. The molecule has 1 fully saturated rings. The van der Waals surface area contributed by atoms with Crippen molar-refractivity contribution in [1.82, 2.24) is 4.57 Å². The van der Waals surface area contributed by atoms with Crippen LogP contribution < -0.4 is 10.6 Å². The van der Waals surface area contributed by atoms with Crippen LogP contribution in [0.2, 0.25) is 0 Å². The van der Waals surface area contributed by atoms with Crippen molar-refractivity contribution in [3.8, 4) is 11.8 Å².